The molecule has 0 spiro atoms. The maximum absolute atomic E-state index is 12.4. The number of unbranched alkanes of at least 4 members (excludes halogenated alkanes) is 27. The molecule has 0 rings (SSSR count). The molecule has 2 unspecified atom stereocenters. The fraction of sp³-hybridized carbons (Fsp3) is 0.840. The zero-order valence-electron chi connectivity index (χ0n) is 37.1. The summed E-state index contributed by atoms with van der Waals surface area (Å²) in [5.74, 6) is -0.144. The fourth-order valence-electron chi connectivity index (χ4n) is 7.15. The standard InChI is InChI=1S/C50H93NO5/c1-3-5-7-9-11-13-15-18-22-26-30-34-38-42-48(53)47(46-52)51-49(54)43-39-35-31-27-23-20-17-21-25-29-33-37-41-45-56-50(55)44-40-36-32-28-24-19-16-14-12-10-8-6-4-2/h14,16,20,23,31,35,47-48,52-53H,3-13,15,17-19,21-22,24-30,32-34,36-46H2,1-2H3,(H,51,54)/b16-14-,23-20-,35-31-. The summed E-state index contributed by atoms with van der Waals surface area (Å²) in [5.41, 5.74) is 0. The third-order valence-corrected chi connectivity index (χ3v) is 10.9. The molecule has 56 heavy (non-hydrogen) atoms. The first-order valence-corrected chi connectivity index (χ1v) is 24.2. The van der Waals surface area contributed by atoms with E-state index in [2.05, 4.69) is 49.5 Å². The largest absolute Gasteiger partial charge is 0.466 e. The van der Waals surface area contributed by atoms with Gasteiger partial charge >= 0.3 is 5.97 Å². The van der Waals surface area contributed by atoms with Crippen molar-refractivity contribution in [3.63, 3.8) is 0 Å². The molecule has 0 aliphatic heterocycles. The Hall–Kier alpha value is -1.92. The Bertz CT molecular complexity index is 915. The van der Waals surface area contributed by atoms with Gasteiger partial charge in [0.1, 0.15) is 0 Å². The summed E-state index contributed by atoms with van der Waals surface area (Å²) in [5, 5.41) is 23.1. The van der Waals surface area contributed by atoms with Gasteiger partial charge in [0.2, 0.25) is 5.91 Å². The van der Waals surface area contributed by atoms with Crippen molar-refractivity contribution in [2.24, 2.45) is 0 Å². The molecular formula is C50H93NO5. The second kappa shape index (κ2) is 45.8. The number of esters is 1. The predicted molar refractivity (Wildman–Crippen MR) is 241 cm³/mol. The first-order chi connectivity index (χ1) is 27.5. The van der Waals surface area contributed by atoms with E-state index in [9.17, 15) is 19.8 Å². The van der Waals surface area contributed by atoms with Crippen molar-refractivity contribution in [3.8, 4) is 0 Å². The monoisotopic (exact) mass is 788 g/mol. The highest BCUT2D eigenvalue weighted by atomic mass is 16.5. The van der Waals surface area contributed by atoms with Crippen LogP contribution in [0.2, 0.25) is 0 Å². The average molecular weight is 788 g/mol. The van der Waals surface area contributed by atoms with Gasteiger partial charge in [-0.15, -0.1) is 0 Å². The van der Waals surface area contributed by atoms with Gasteiger partial charge in [-0.3, -0.25) is 9.59 Å². The molecule has 0 aliphatic carbocycles. The number of nitrogens with one attached hydrogen (secondary N) is 1. The second-order valence-corrected chi connectivity index (χ2v) is 16.4. The summed E-state index contributed by atoms with van der Waals surface area (Å²) in [6.45, 7) is 4.85. The molecule has 6 nitrogen and oxygen atoms in total. The fourth-order valence-corrected chi connectivity index (χ4v) is 7.15. The van der Waals surface area contributed by atoms with Crippen LogP contribution in [-0.2, 0) is 14.3 Å². The normalized spacial score (nSPS) is 13.0. The summed E-state index contributed by atoms with van der Waals surface area (Å²) in [4.78, 5) is 24.4. The van der Waals surface area contributed by atoms with E-state index < -0.39 is 12.1 Å². The molecule has 328 valence electrons. The van der Waals surface area contributed by atoms with Crippen molar-refractivity contribution in [1.29, 1.82) is 0 Å². The van der Waals surface area contributed by atoms with Gasteiger partial charge in [-0.1, -0.05) is 198 Å². The lowest BCUT2D eigenvalue weighted by molar-refractivity contribution is -0.143. The Morgan fingerprint density at radius 1 is 0.500 bits per heavy atom. The number of hydrogen-bond acceptors (Lipinski definition) is 5. The molecule has 0 bridgehead atoms. The maximum Gasteiger partial charge on any atom is 0.305 e. The summed E-state index contributed by atoms with van der Waals surface area (Å²) >= 11 is 0. The van der Waals surface area contributed by atoms with E-state index in [1.165, 1.54) is 154 Å². The molecule has 0 saturated carbocycles. The van der Waals surface area contributed by atoms with Crippen LogP contribution in [0, 0.1) is 0 Å². The van der Waals surface area contributed by atoms with Crippen molar-refractivity contribution in [1.82, 2.24) is 5.32 Å². The van der Waals surface area contributed by atoms with Crippen LogP contribution >= 0.6 is 0 Å². The van der Waals surface area contributed by atoms with E-state index in [4.69, 9.17) is 4.74 Å². The van der Waals surface area contributed by atoms with E-state index in [-0.39, 0.29) is 18.5 Å². The quantitative estimate of drug-likeness (QED) is 0.0325. The molecular weight excluding hydrogens is 695 g/mol. The number of allylic oxidation sites excluding steroid dienone is 6. The number of ether oxygens (including phenoxy) is 1. The highest BCUT2D eigenvalue weighted by molar-refractivity contribution is 5.76. The Morgan fingerprint density at radius 3 is 1.43 bits per heavy atom. The van der Waals surface area contributed by atoms with E-state index in [1.807, 2.05) is 6.08 Å². The van der Waals surface area contributed by atoms with Crippen molar-refractivity contribution < 1.29 is 24.5 Å². The SMILES string of the molecule is CCCCCC/C=C\CCCCCCCC(=O)OCCCCCCCC/C=C\C/C=C\CCC(=O)NC(CO)C(O)CCCCCCCCCCCCCCC. The zero-order valence-corrected chi connectivity index (χ0v) is 37.1. The summed E-state index contributed by atoms with van der Waals surface area (Å²) in [6, 6.07) is -0.585. The van der Waals surface area contributed by atoms with Gasteiger partial charge < -0.3 is 20.3 Å². The van der Waals surface area contributed by atoms with E-state index in [1.54, 1.807) is 0 Å². The Labute approximate surface area is 347 Å². The van der Waals surface area contributed by atoms with Crippen LogP contribution in [0.15, 0.2) is 36.5 Å². The topological polar surface area (TPSA) is 95.9 Å². The van der Waals surface area contributed by atoms with Crippen molar-refractivity contribution in [2.75, 3.05) is 13.2 Å². The first kappa shape index (κ1) is 54.1. The van der Waals surface area contributed by atoms with Gasteiger partial charge in [-0.05, 0) is 70.6 Å². The molecule has 0 saturated heterocycles. The molecule has 0 fully saturated rings. The van der Waals surface area contributed by atoms with Crippen LogP contribution in [0.5, 0.6) is 0 Å². The number of rotatable bonds is 44. The minimum atomic E-state index is -0.698. The van der Waals surface area contributed by atoms with Crippen LogP contribution in [-0.4, -0.2) is 47.4 Å². The lowest BCUT2D eigenvalue weighted by atomic mass is 10.0. The molecule has 3 N–H and O–H groups in total. The highest BCUT2D eigenvalue weighted by Crippen LogP contribution is 2.15. The summed E-state index contributed by atoms with van der Waals surface area (Å²) in [7, 11) is 0. The molecule has 0 aromatic rings. The molecule has 6 heteroatoms. The van der Waals surface area contributed by atoms with E-state index in [0.717, 1.165) is 51.4 Å². The molecule has 1 amide bonds. The predicted octanol–water partition coefficient (Wildman–Crippen LogP) is 14.1. The Kier molecular flexibility index (Phi) is 44.2. The third kappa shape index (κ3) is 41.7. The highest BCUT2D eigenvalue weighted by Gasteiger charge is 2.19. The van der Waals surface area contributed by atoms with Crippen LogP contribution in [0.25, 0.3) is 0 Å². The van der Waals surface area contributed by atoms with E-state index >= 15 is 0 Å². The molecule has 2 atom stereocenters. The smallest absolute Gasteiger partial charge is 0.305 e. The average Bonchev–Trinajstić information content (AvgIpc) is 3.20. The molecule has 0 aromatic heterocycles. The van der Waals surface area contributed by atoms with Crippen LogP contribution in [0.3, 0.4) is 0 Å². The molecule has 0 aromatic carbocycles. The van der Waals surface area contributed by atoms with Crippen LogP contribution < -0.4 is 5.32 Å². The number of hydrogen-bond donors (Lipinski definition) is 3. The number of aliphatic hydroxyl groups is 2. The number of aliphatic hydroxyl groups excluding tert-OH is 2. The van der Waals surface area contributed by atoms with Gasteiger partial charge in [0.15, 0.2) is 0 Å². The van der Waals surface area contributed by atoms with Crippen molar-refractivity contribution >= 4 is 11.9 Å². The third-order valence-electron chi connectivity index (χ3n) is 10.9. The minimum Gasteiger partial charge on any atom is -0.466 e. The lowest BCUT2D eigenvalue weighted by Crippen LogP contribution is -2.45. The molecule has 0 radical (unpaired) electrons. The van der Waals surface area contributed by atoms with Gasteiger partial charge in [-0.25, -0.2) is 0 Å². The van der Waals surface area contributed by atoms with Crippen molar-refractivity contribution in [2.45, 2.75) is 257 Å². The van der Waals surface area contributed by atoms with Gasteiger partial charge in [0.25, 0.3) is 0 Å². The maximum atomic E-state index is 12.4. The second-order valence-electron chi connectivity index (χ2n) is 16.4. The van der Waals surface area contributed by atoms with Gasteiger partial charge in [0.05, 0.1) is 25.4 Å². The summed E-state index contributed by atoms with van der Waals surface area (Å²) < 4.78 is 5.43. The zero-order chi connectivity index (χ0) is 40.8. The Morgan fingerprint density at radius 2 is 0.911 bits per heavy atom. The number of amides is 1. The van der Waals surface area contributed by atoms with Gasteiger partial charge in [-0.2, -0.15) is 0 Å². The number of carbonyl (C=O) groups excluding carboxylic acids is 2. The number of carbonyl (C=O) groups is 2. The molecule has 0 heterocycles. The lowest BCUT2D eigenvalue weighted by Gasteiger charge is -2.22. The van der Waals surface area contributed by atoms with E-state index in [0.29, 0.717) is 32.3 Å². The summed E-state index contributed by atoms with van der Waals surface area (Å²) in [6.07, 6.45) is 54.0. The first-order valence-electron chi connectivity index (χ1n) is 24.2. The molecule has 0 aliphatic rings. The van der Waals surface area contributed by atoms with Crippen LogP contribution in [0.4, 0.5) is 0 Å². The van der Waals surface area contributed by atoms with Crippen LogP contribution in [0.1, 0.15) is 245 Å². The van der Waals surface area contributed by atoms with Gasteiger partial charge in [0, 0.05) is 12.8 Å². The minimum absolute atomic E-state index is 0.0270. The Balaban J connectivity index is 3.57. The van der Waals surface area contributed by atoms with Crippen molar-refractivity contribution in [3.05, 3.63) is 36.5 Å².